The first-order valence-corrected chi connectivity index (χ1v) is 5.40. The summed E-state index contributed by atoms with van der Waals surface area (Å²) in [6.45, 7) is 5.39. The summed E-state index contributed by atoms with van der Waals surface area (Å²) in [4.78, 5) is 0. The molecule has 0 amide bonds. The van der Waals surface area contributed by atoms with Gasteiger partial charge in [0.1, 0.15) is 0 Å². The summed E-state index contributed by atoms with van der Waals surface area (Å²) in [6.07, 6.45) is 8.77. The average molecular weight is 170 g/mol. The van der Waals surface area contributed by atoms with Crippen LogP contribution in [0.3, 0.4) is 0 Å². The summed E-state index contributed by atoms with van der Waals surface area (Å²) < 4.78 is 5.82. The van der Waals surface area contributed by atoms with Crippen molar-refractivity contribution in [2.45, 2.75) is 58.5 Å². The van der Waals surface area contributed by atoms with E-state index in [0.29, 0.717) is 12.0 Å². The Kier molecular flexibility index (Phi) is 4.67. The topological polar surface area (TPSA) is 9.23 Å². The number of hydrogen-bond donors (Lipinski definition) is 0. The minimum atomic E-state index is 0.579. The largest absolute Gasteiger partial charge is 0.378 e. The first kappa shape index (κ1) is 10.0. The molecule has 0 spiro atoms. The Labute approximate surface area is 76.5 Å². The van der Waals surface area contributed by atoms with Crippen molar-refractivity contribution >= 4 is 0 Å². The van der Waals surface area contributed by atoms with Crippen molar-refractivity contribution in [1.29, 1.82) is 0 Å². The van der Waals surface area contributed by atoms with Crippen LogP contribution in [-0.2, 0) is 4.74 Å². The lowest BCUT2D eigenvalue weighted by Gasteiger charge is -2.16. The zero-order valence-electron chi connectivity index (χ0n) is 8.51. The van der Waals surface area contributed by atoms with E-state index >= 15 is 0 Å². The van der Waals surface area contributed by atoms with Crippen LogP contribution in [0.1, 0.15) is 52.4 Å². The quantitative estimate of drug-likeness (QED) is 0.590. The second-order valence-corrected chi connectivity index (χ2v) is 4.34. The van der Waals surface area contributed by atoms with E-state index in [1.807, 2.05) is 0 Å². The van der Waals surface area contributed by atoms with Gasteiger partial charge in [0.25, 0.3) is 0 Å². The summed E-state index contributed by atoms with van der Waals surface area (Å²) in [5.41, 5.74) is 0. The highest BCUT2D eigenvalue weighted by molar-refractivity contribution is 4.64. The van der Waals surface area contributed by atoms with Crippen LogP contribution in [0.2, 0.25) is 0 Å². The van der Waals surface area contributed by atoms with Gasteiger partial charge in [-0.25, -0.2) is 0 Å². The molecule has 1 rings (SSSR count). The highest BCUT2D eigenvalue weighted by Gasteiger charge is 2.12. The molecule has 0 aromatic rings. The second kappa shape index (κ2) is 5.58. The lowest BCUT2D eigenvalue weighted by atomic mass is 10.1. The molecule has 1 nitrogen and oxygen atoms in total. The number of ether oxygens (including phenoxy) is 1. The summed E-state index contributed by atoms with van der Waals surface area (Å²) in [5.74, 6) is 0.688. The van der Waals surface area contributed by atoms with Crippen molar-refractivity contribution in [2.75, 3.05) is 6.61 Å². The van der Waals surface area contributed by atoms with E-state index < -0.39 is 0 Å². The molecule has 0 N–H and O–H groups in total. The summed E-state index contributed by atoms with van der Waals surface area (Å²) in [7, 11) is 0. The Bertz CT molecular complexity index is 102. The summed E-state index contributed by atoms with van der Waals surface area (Å²) in [6, 6.07) is 0. The SMILES string of the molecule is CC(C)COC1CCCCCC1. The molecule has 1 aliphatic carbocycles. The molecule has 0 aromatic carbocycles. The van der Waals surface area contributed by atoms with Gasteiger partial charge in [-0.1, -0.05) is 39.5 Å². The van der Waals surface area contributed by atoms with Crippen LogP contribution in [0, 0.1) is 5.92 Å². The van der Waals surface area contributed by atoms with E-state index in [1.165, 1.54) is 38.5 Å². The Morgan fingerprint density at radius 1 is 1.08 bits per heavy atom. The lowest BCUT2D eigenvalue weighted by molar-refractivity contribution is 0.0269. The second-order valence-electron chi connectivity index (χ2n) is 4.34. The van der Waals surface area contributed by atoms with Crippen LogP contribution in [0.4, 0.5) is 0 Å². The molecule has 12 heavy (non-hydrogen) atoms. The van der Waals surface area contributed by atoms with Crippen molar-refractivity contribution in [1.82, 2.24) is 0 Å². The van der Waals surface area contributed by atoms with Crippen LogP contribution in [-0.4, -0.2) is 12.7 Å². The summed E-state index contributed by atoms with van der Waals surface area (Å²) >= 11 is 0. The van der Waals surface area contributed by atoms with E-state index in [0.717, 1.165) is 6.61 Å². The highest BCUT2D eigenvalue weighted by Crippen LogP contribution is 2.20. The summed E-state index contributed by atoms with van der Waals surface area (Å²) in [5, 5.41) is 0. The molecule has 1 fully saturated rings. The highest BCUT2D eigenvalue weighted by atomic mass is 16.5. The molecule has 1 saturated carbocycles. The van der Waals surface area contributed by atoms with E-state index in [9.17, 15) is 0 Å². The van der Waals surface area contributed by atoms with Gasteiger partial charge in [0.15, 0.2) is 0 Å². The van der Waals surface area contributed by atoms with Crippen molar-refractivity contribution in [3.63, 3.8) is 0 Å². The molecule has 72 valence electrons. The molecule has 0 saturated heterocycles. The minimum absolute atomic E-state index is 0.579. The maximum absolute atomic E-state index is 5.82. The van der Waals surface area contributed by atoms with Gasteiger partial charge >= 0.3 is 0 Å². The Morgan fingerprint density at radius 3 is 2.17 bits per heavy atom. The van der Waals surface area contributed by atoms with Gasteiger partial charge in [0.05, 0.1) is 6.10 Å². The maximum Gasteiger partial charge on any atom is 0.0575 e. The molecule has 1 aliphatic rings. The van der Waals surface area contributed by atoms with Gasteiger partial charge < -0.3 is 4.74 Å². The normalized spacial score (nSPS) is 21.2. The molecule has 0 radical (unpaired) electrons. The van der Waals surface area contributed by atoms with Gasteiger partial charge in [-0.15, -0.1) is 0 Å². The van der Waals surface area contributed by atoms with Crippen molar-refractivity contribution in [3.05, 3.63) is 0 Å². The minimum Gasteiger partial charge on any atom is -0.378 e. The van der Waals surface area contributed by atoms with E-state index in [1.54, 1.807) is 0 Å². The van der Waals surface area contributed by atoms with Gasteiger partial charge in [0, 0.05) is 6.61 Å². The zero-order valence-corrected chi connectivity index (χ0v) is 8.51. The molecule has 0 aromatic heterocycles. The molecule has 0 heterocycles. The van der Waals surface area contributed by atoms with Crippen LogP contribution in [0.5, 0.6) is 0 Å². The van der Waals surface area contributed by atoms with E-state index in [4.69, 9.17) is 4.74 Å². The lowest BCUT2D eigenvalue weighted by Crippen LogP contribution is -2.15. The molecular weight excluding hydrogens is 148 g/mol. The smallest absolute Gasteiger partial charge is 0.0575 e. The van der Waals surface area contributed by atoms with E-state index in [2.05, 4.69) is 13.8 Å². The Morgan fingerprint density at radius 2 is 1.67 bits per heavy atom. The predicted molar refractivity (Wildman–Crippen MR) is 52.3 cm³/mol. The molecular formula is C11H22O. The first-order chi connectivity index (χ1) is 5.79. The maximum atomic E-state index is 5.82. The van der Waals surface area contributed by atoms with Gasteiger partial charge in [-0.3, -0.25) is 0 Å². The van der Waals surface area contributed by atoms with Crippen LogP contribution in [0.25, 0.3) is 0 Å². The number of hydrogen-bond acceptors (Lipinski definition) is 1. The third kappa shape index (κ3) is 4.10. The van der Waals surface area contributed by atoms with Gasteiger partial charge in [-0.05, 0) is 18.8 Å². The fourth-order valence-electron chi connectivity index (χ4n) is 1.74. The standard InChI is InChI=1S/C11H22O/c1-10(2)9-12-11-7-5-3-4-6-8-11/h10-11H,3-9H2,1-2H3. The molecule has 0 atom stereocenters. The zero-order chi connectivity index (χ0) is 8.81. The van der Waals surface area contributed by atoms with Crippen molar-refractivity contribution < 1.29 is 4.74 Å². The fraction of sp³-hybridized carbons (Fsp3) is 1.00. The molecule has 0 unspecified atom stereocenters. The number of rotatable bonds is 3. The van der Waals surface area contributed by atoms with Crippen molar-refractivity contribution in [3.8, 4) is 0 Å². The average Bonchev–Trinajstić information content (AvgIpc) is 2.28. The van der Waals surface area contributed by atoms with Crippen LogP contribution in [0.15, 0.2) is 0 Å². The molecule has 0 aliphatic heterocycles. The molecule has 0 bridgehead atoms. The molecule has 1 heteroatoms. The monoisotopic (exact) mass is 170 g/mol. The third-order valence-corrected chi connectivity index (χ3v) is 2.47. The van der Waals surface area contributed by atoms with Gasteiger partial charge in [0.2, 0.25) is 0 Å². The van der Waals surface area contributed by atoms with Crippen molar-refractivity contribution in [2.24, 2.45) is 5.92 Å². The third-order valence-electron chi connectivity index (χ3n) is 2.47. The fourth-order valence-corrected chi connectivity index (χ4v) is 1.74. The van der Waals surface area contributed by atoms with Crippen LogP contribution >= 0.6 is 0 Å². The van der Waals surface area contributed by atoms with Crippen LogP contribution < -0.4 is 0 Å². The Balaban J connectivity index is 2.12. The predicted octanol–water partition coefficient (Wildman–Crippen LogP) is 3.38. The van der Waals surface area contributed by atoms with E-state index in [-0.39, 0.29) is 0 Å². The Hall–Kier alpha value is -0.0400. The first-order valence-electron chi connectivity index (χ1n) is 5.40. The van der Waals surface area contributed by atoms with Gasteiger partial charge in [-0.2, -0.15) is 0 Å².